The van der Waals surface area contributed by atoms with E-state index in [1.807, 2.05) is 4.90 Å². The molecule has 0 aliphatic carbocycles. The van der Waals surface area contributed by atoms with E-state index < -0.39 is 0 Å². The molecule has 0 aromatic heterocycles. The molecule has 114 valence electrons. The van der Waals surface area contributed by atoms with Crippen LogP contribution in [0.5, 0.6) is 5.75 Å². The third kappa shape index (κ3) is 3.16. The quantitative estimate of drug-likeness (QED) is 0.883. The van der Waals surface area contributed by atoms with Gasteiger partial charge in [0.05, 0.1) is 10.6 Å². The molecule has 21 heavy (non-hydrogen) atoms. The number of nitrogens with zero attached hydrogens (tertiary/aromatic N) is 1. The molecule has 5 heteroatoms. The lowest BCUT2D eigenvalue weighted by molar-refractivity contribution is 0.0674. The Balaban J connectivity index is 1.63. The van der Waals surface area contributed by atoms with Gasteiger partial charge in [0.15, 0.2) is 0 Å². The predicted octanol–water partition coefficient (Wildman–Crippen LogP) is 2.65. The van der Waals surface area contributed by atoms with Gasteiger partial charge >= 0.3 is 0 Å². The molecule has 2 heterocycles. The van der Waals surface area contributed by atoms with Crippen molar-refractivity contribution in [3.63, 3.8) is 0 Å². The molecular formula is C16H21ClN2O2. The molecule has 0 bridgehead atoms. The maximum absolute atomic E-state index is 12.5. The summed E-state index contributed by atoms with van der Waals surface area (Å²) < 4.78 is 0. The van der Waals surface area contributed by atoms with Crippen LogP contribution in [0.4, 0.5) is 0 Å². The number of benzene rings is 1. The lowest BCUT2D eigenvalue weighted by Crippen LogP contribution is -2.43. The smallest absolute Gasteiger partial charge is 0.255 e. The Bertz CT molecular complexity index is 521. The van der Waals surface area contributed by atoms with E-state index in [1.54, 1.807) is 6.07 Å². The fraction of sp³-hybridized carbons (Fsp3) is 0.562. The molecule has 1 aromatic carbocycles. The van der Waals surface area contributed by atoms with Crippen molar-refractivity contribution in [2.75, 3.05) is 19.6 Å². The summed E-state index contributed by atoms with van der Waals surface area (Å²) in [5, 5.41) is 13.5. The van der Waals surface area contributed by atoms with E-state index in [0.29, 0.717) is 22.5 Å². The van der Waals surface area contributed by atoms with E-state index in [-0.39, 0.29) is 11.7 Å². The average Bonchev–Trinajstić information content (AvgIpc) is 3.03. The number of aromatic hydroxyl groups is 1. The molecule has 2 N–H and O–H groups in total. The molecule has 3 rings (SSSR count). The standard InChI is InChI=1S/C16H21ClN2O2/c17-14-4-3-12(20)10-13(14)16(21)19-8-5-11(6-9-19)15-2-1-7-18-15/h3-4,10-11,15,18,20H,1-2,5-9H2. The lowest BCUT2D eigenvalue weighted by atomic mass is 9.88. The van der Waals surface area contributed by atoms with Gasteiger partial charge in [0, 0.05) is 19.1 Å². The minimum absolute atomic E-state index is 0.0752. The number of rotatable bonds is 2. The number of carbonyl (C=O) groups excluding carboxylic acids is 1. The summed E-state index contributed by atoms with van der Waals surface area (Å²) >= 11 is 6.07. The van der Waals surface area contributed by atoms with Gasteiger partial charge in [-0.15, -0.1) is 0 Å². The molecule has 2 aliphatic heterocycles. The number of nitrogens with one attached hydrogen (secondary N) is 1. The van der Waals surface area contributed by atoms with Gasteiger partial charge < -0.3 is 15.3 Å². The number of phenols is 1. The number of halogens is 1. The summed E-state index contributed by atoms with van der Waals surface area (Å²) in [6, 6.07) is 5.15. The fourth-order valence-electron chi connectivity index (χ4n) is 3.47. The summed E-state index contributed by atoms with van der Waals surface area (Å²) in [6.07, 6.45) is 4.61. The predicted molar refractivity (Wildman–Crippen MR) is 82.8 cm³/mol. The summed E-state index contributed by atoms with van der Waals surface area (Å²) in [6.45, 7) is 2.67. The monoisotopic (exact) mass is 308 g/mol. The molecule has 0 saturated carbocycles. The van der Waals surface area contributed by atoms with Crippen LogP contribution >= 0.6 is 11.6 Å². The van der Waals surface area contributed by atoms with E-state index in [9.17, 15) is 9.90 Å². The maximum Gasteiger partial charge on any atom is 0.255 e. The highest BCUT2D eigenvalue weighted by Crippen LogP contribution is 2.28. The zero-order valence-corrected chi connectivity index (χ0v) is 12.8. The number of amides is 1. The third-order valence-corrected chi connectivity index (χ3v) is 5.00. The Kier molecular flexibility index (Phi) is 4.36. The maximum atomic E-state index is 12.5. The van der Waals surface area contributed by atoms with Crippen molar-refractivity contribution < 1.29 is 9.90 Å². The second-order valence-corrected chi connectivity index (χ2v) is 6.40. The van der Waals surface area contributed by atoms with E-state index in [0.717, 1.165) is 32.5 Å². The average molecular weight is 309 g/mol. The zero-order chi connectivity index (χ0) is 14.8. The van der Waals surface area contributed by atoms with Crippen LogP contribution in [0.3, 0.4) is 0 Å². The van der Waals surface area contributed by atoms with E-state index in [1.165, 1.54) is 25.0 Å². The van der Waals surface area contributed by atoms with Gasteiger partial charge in [-0.3, -0.25) is 4.79 Å². The Labute approximate surface area is 130 Å². The molecule has 2 aliphatic rings. The second kappa shape index (κ2) is 6.24. The molecule has 2 fully saturated rings. The highest BCUT2D eigenvalue weighted by molar-refractivity contribution is 6.33. The van der Waals surface area contributed by atoms with Gasteiger partial charge in [0.25, 0.3) is 5.91 Å². The van der Waals surface area contributed by atoms with Crippen LogP contribution in [-0.2, 0) is 0 Å². The van der Waals surface area contributed by atoms with Crippen molar-refractivity contribution >= 4 is 17.5 Å². The summed E-state index contributed by atoms with van der Waals surface area (Å²) in [5.74, 6) is 0.678. The van der Waals surface area contributed by atoms with Gasteiger partial charge in [-0.05, 0) is 56.3 Å². The van der Waals surface area contributed by atoms with Crippen LogP contribution in [0, 0.1) is 5.92 Å². The number of carbonyl (C=O) groups is 1. The van der Waals surface area contributed by atoms with Gasteiger partial charge in [0.1, 0.15) is 5.75 Å². The molecule has 0 radical (unpaired) electrons. The summed E-state index contributed by atoms with van der Waals surface area (Å²) in [4.78, 5) is 14.4. The number of piperidine rings is 1. The van der Waals surface area contributed by atoms with Crippen molar-refractivity contribution in [2.24, 2.45) is 5.92 Å². The first-order chi connectivity index (χ1) is 10.1. The first-order valence-electron chi connectivity index (χ1n) is 7.66. The van der Waals surface area contributed by atoms with Crippen molar-refractivity contribution in [3.8, 4) is 5.75 Å². The summed E-state index contributed by atoms with van der Waals surface area (Å²) in [7, 11) is 0. The van der Waals surface area contributed by atoms with E-state index in [2.05, 4.69) is 5.32 Å². The van der Waals surface area contributed by atoms with Crippen LogP contribution in [0.15, 0.2) is 18.2 Å². The van der Waals surface area contributed by atoms with Gasteiger partial charge in [-0.2, -0.15) is 0 Å². The molecule has 0 spiro atoms. The largest absolute Gasteiger partial charge is 0.508 e. The van der Waals surface area contributed by atoms with Crippen molar-refractivity contribution in [2.45, 2.75) is 31.7 Å². The second-order valence-electron chi connectivity index (χ2n) is 6.00. The van der Waals surface area contributed by atoms with Crippen molar-refractivity contribution in [1.82, 2.24) is 10.2 Å². The minimum Gasteiger partial charge on any atom is -0.508 e. The molecule has 1 aromatic rings. The molecule has 1 unspecified atom stereocenters. The van der Waals surface area contributed by atoms with Crippen LogP contribution in [-0.4, -0.2) is 41.6 Å². The number of phenolic OH excluding ortho intramolecular Hbond substituents is 1. The molecule has 2 saturated heterocycles. The zero-order valence-electron chi connectivity index (χ0n) is 12.0. The minimum atomic E-state index is -0.0752. The summed E-state index contributed by atoms with van der Waals surface area (Å²) in [5.41, 5.74) is 0.397. The molecule has 1 amide bonds. The molecule has 1 atom stereocenters. The Hall–Kier alpha value is -1.26. The number of hydrogen-bond acceptors (Lipinski definition) is 3. The van der Waals surface area contributed by atoms with Gasteiger partial charge in [-0.25, -0.2) is 0 Å². The van der Waals surface area contributed by atoms with Crippen LogP contribution in [0.1, 0.15) is 36.0 Å². The molecule has 4 nitrogen and oxygen atoms in total. The van der Waals surface area contributed by atoms with Gasteiger partial charge in [-0.1, -0.05) is 11.6 Å². The first-order valence-corrected chi connectivity index (χ1v) is 8.04. The highest BCUT2D eigenvalue weighted by Gasteiger charge is 2.30. The van der Waals surface area contributed by atoms with Crippen LogP contribution in [0.2, 0.25) is 5.02 Å². The Morgan fingerprint density at radius 2 is 2.05 bits per heavy atom. The lowest BCUT2D eigenvalue weighted by Gasteiger charge is -2.35. The van der Waals surface area contributed by atoms with E-state index in [4.69, 9.17) is 11.6 Å². The number of hydrogen-bond donors (Lipinski definition) is 2. The SMILES string of the molecule is O=C(c1cc(O)ccc1Cl)N1CCC(C2CCCN2)CC1. The topological polar surface area (TPSA) is 52.6 Å². The van der Waals surface area contributed by atoms with Crippen molar-refractivity contribution in [3.05, 3.63) is 28.8 Å². The number of likely N-dealkylation sites (tertiary alicyclic amines) is 1. The normalized spacial score (nSPS) is 23.5. The van der Waals surface area contributed by atoms with Crippen molar-refractivity contribution in [1.29, 1.82) is 0 Å². The Morgan fingerprint density at radius 1 is 1.29 bits per heavy atom. The molecular weight excluding hydrogens is 288 g/mol. The fourth-order valence-corrected chi connectivity index (χ4v) is 3.66. The van der Waals surface area contributed by atoms with Crippen LogP contribution in [0.25, 0.3) is 0 Å². The van der Waals surface area contributed by atoms with Crippen LogP contribution < -0.4 is 5.32 Å². The highest BCUT2D eigenvalue weighted by atomic mass is 35.5. The Morgan fingerprint density at radius 3 is 2.71 bits per heavy atom. The van der Waals surface area contributed by atoms with E-state index >= 15 is 0 Å². The van der Waals surface area contributed by atoms with Gasteiger partial charge in [0.2, 0.25) is 0 Å². The first kappa shape index (κ1) is 14.7. The third-order valence-electron chi connectivity index (χ3n) is 4.67.